The van der Waals surface area contributed by atoms with Gasteiger partial charge in [0.1, 0.15) is 5.75 Å². The van der Waals surface area contributed by atoms with Crippen molar-refractivity contribution in [3.8, 4) is 11.6 Å². The molecule has 20 heavy (non-hydrogen) atoms. The van der Waals surface area contributed by atoms with Crippen molar-refractivity contribution in [3.63, 3.8) is 0 Å². The SMILES string of the molecule is CC(C)c1cc(CN)cc(Oc2ccc(Cl)cc2Br)n1. The van der Waals surface area contributed by atoms with Crippen LogP contribution in [0.15, 0.2) is 34.8 Å². The number of aromatic nitrogens is 1. The standard InChI is InChI=1S/C15H16BrClN2O/c1-9(2)13-5-10(8-18)6-15(19-13)20-14-4-3-11(17)7-12(14)16/h3-7,9H,8,18H2,1-2H3. The van der Waals surface area contributed by atoms with Crippen LogP contribution in [0.3, 0.4) is 0 Å². The summed E-state index contributed by atoms with van der Waals surface area (Å²) in [6.07, 6.45) is 0. The second kappa shape index (κ2) is 6.57. The fourth-order valence-corrected chi connectivity index (χ4v) is 2.48. The van der Waals surface area contributed by atoms with Gasteiger partial charge in [0.15, 0.2) is 0 Å². The van der Waals surface area contributed by atoms with E-state index in [0.29, 0.717) is 29.1 Å². The predicted octanol–water partition coefficient (Wildman–Crippen LogP) is 4.87. The molecule has 0 amide bonds. The highest BCUT2D eigenvalue weighted by Crippen LogP contribution is 2.32. The Bertz CT molecular complexity index is 617. The van der Waals surface area contributed by atoms with Gasteiger partial charge in [0.2, 0.25) is 5.88 Å². The molecule has 1 heterocycles. The number of halogens is 2. The summed E-state index contributed by atoms with van der Waals surface area (Å²) < 4.78 is 6.61. The van der Waals surface area contributed by atoms with Crippen molar-refractivity contribution in [1.29, 1.82) is 0 Å². The summed E-state index contributed by atoms with van der Waals surface area (Å²) in [5.74, 6) is 1.53. The number of ether oxygens (including phenoxy) is 1. The third-order valence-corrected chi connectivity index (χ3v) is 3.67. The summed E-state index contributed by atoms with van der Waals surface area (Å²) in [4.78, 5) is 4.51. The Balaban J connectivity index is 2.34. The molecule has 3 nitrogen and oxygen atoms in total. The molecule has 0 saturated carbocycles. The van der Waals surface area contributed by atoms with Crippen LogP contribution in [0.4, 0.5) is 0 Å². The number of nitrogens with two attached hydrogens (primary N) is 1. The van der Waals surface area contributed by atoms with Crippen LogP contribution in [0, 0.1) is 0 Å². The average molecular weight is 356 g/mol. The lowest BCUT2D eigenvalue weighted by molar-refractivity contribution is 0.456. The van der Waals surface area contributed by atoms with Gasteiger partial charge in [0.25, 0.3) is 0 Å². The maximum Gasteiger partial charge on any atom is 0.219 e. The van der Waals surface area contributed by atoms with Crippen LogP contribution < -0.4 is 10.5 Å². The van der Waals surface area contributed by atoms with E-state index in [4.69, 9.17) is 22.1 Å². The molecule has 0 aliphatic carbocycles. The van der Waals surface area contributed by atoms with Gasteiger partial charge < -0.3 is 10.5 Å². The smallest absolute Gasteiger partial charge is 0.219 e. The first kappa shape index (κ1) is 15.3. The number of nitrogens with zero attached hydrogens (tertiary/aromatic N) is 1. The largest absolute Gasteiger partial charge is 0.438 e. The van der Waals surface area contributed by atoms with Crippen molar-refractivity contribution < 1.29 is 4.74 Å². The lowest BCUT2D eigenvalue weighted by atomic mass is 10.1. The number of hydrogen-bond donors (Lipinski definition) is 1. The summed E-state index contributed by atoms with van der Waals surface area (Å²) in [7, 11) is 0. The molecular weight excluding hydrogens is 340 g/mol. The highest BCUT2D eigenvalue weighted by molar-refractivity contribution is 9.10. The summed E-state index contributed by atoms with van der Waals surface area (Å²) in [6.45, 7) is 4.63. The van der Waals surface area contributed by atoms with E-state index >= 15 is 0 Å². The first-order valence-corrected chi connectivity index (χ1v) is 7.50. The molecule has 106 valence electrons. The van der Waals surface area contributed by atoms with Crippen LogP contribution >= 0.6 is 27.5 Å². The molecule has 0 aliphatic heterocycles. The lowest BCUT2D eigenvalue weighted by Crippen LogP contribution is -2.02. The van der Waals surface area contributed by atoms with Crippen LogP contribution in [0.1, 0.15) is 31.0 Å². The van der Waals surface area contributed by atoms with Crippen LogP contribution in [-0.2, 0) is 6.54 Å². The van der Waals surface area contributed by atoms with E-state index in [9.17, 15) is 0 Å². The van der Waals surface area contributed by atoms with Crippen LogP contribution in [0.2, 0.25) is 5.02 Å². The highest BCUT2D eigenvalue weighted by Gasteiger charge is 2.09. The molecule has 0 unspecified atom stereocenters. The Hall–Kier alpha value is -1.10. The Morgan fingerprint density at radius 3 is 2.65 bits per heavy atom. The minimum absolute atomic E-state index is 0.317. The molecule has 0 radical (unpaired) electrons. The second-order valence-corrected chi connectivity index (χ2v) is 6.06. The minimum atomic E-state index is 0.317. The molecule has 0 fully saturated rings. The van der Waals surface area contributed by atoms with Crippen molar-refractivity contribution in [2.75, 3.05) is 0 Å². The van der Waals surface area contributed by atoms with E-state index in [1.54, 1.807) is 18.2 Å². The molecular formula is C15H16BrClN2O. The van der Waals surface area contributed by atoms with E-state index in [1.165, 1.54) is 0 Å². The maximum absolute atomic E-state index is 5.92. The molecule has 2 aromatic rings. The van der Waals surface area contributed by atoms with Crippen molar-refractivity contribution >= 4 is 27.5 Å². The molecule has 2 N–H and O–H groups in total. The molecule has 0 saturated heterocycles. The minimum Gasteiger partial charge on any atom is -0.438 e. The Morgan fingerprint density at radius 2 is 2.05 bits per heavy atom. The monoisotopic (exact) mass is 354 g/mol. The molecule has 0 spiro atoms. The third kappa shape index (κ3) is 3.72. The number of rotatable bonds is 4. The molecule has 1 aromatic carbocycles. The normalized spacial score (nSPS) is 10.9. The zero-order valence-electron chi connectivity index (χ0n) is 11.4. The summed E-state index contributed by atoms with van der Waals surface area (Å²) in [5, 5.41) is 0.649. The van der Waals surface area contributed by atoms with Crippen LogP contribution in [-0.4, -0.2) is 4.98 Å². The van der Waals surface area contributed by atoms with Gasteiger partial charge in [-0.05, 0) is 51.7 Å². The van der Waals surface area contributed by atoms with E-state index in [-0.39, 0.29) is 0 Å². The van der Waals surface area contributed by atoms with Gasteiger partial charge in [0, 0.05) is 23.3 Å². The summed E-state index contributed by atoms with van der Waals surface area (Å²) in [5.41, 5.74) is 7.69. The molecule has 0 atom stereocenters. The maximum atomic E-state index is 5.92. The van der Waals surface area contributed by atoms with E-state index in [0.717, 1.165) is 15.7 Å². The van der Waals surface area contributed by atoms with Gasteiger partial charge in [-0.2, -0.15) is 0 Å². The quantitative estimate of drug-likeness (QED) is 0.851. The van der Waals surface area contributed by atoms with Crippen molar-refractivity contribution in [2.24, 2.45) is 5.73 Å². The van der Waals surface area contributed by atoms with Gasteiger partial charge in [0.05, 0.1) is 4.47 Å². The third-order valence-electron chi connectivity index (χ3n) is 2.82. The molecule has 2 rings (SSSR count). The fourth-order valence-electron chi connectivity index (χ4n) is 1.72. The lowest BCUT2D eigenvalue weighted by Gasteiger charge is -2.12. The summed E-state index contributed by atoms with van der Waals surface area (Å²) in [6, 6.07) is 9.23. The van der Waals surface area contributed by atoms with Crippen LogP contribution in [0.25, 0.3) is 0 Å². The first-order valence-electron chi connectivity index (χ1n) is 6.33. The topological polar surface area (TPSA) is 48.1 Å². The van der Waals surface area contributed by atoms with Gasteiger partial charge >= 0.3 is 0 Å². The van der Waals surface area contributed by atoms with E-state index in [1.807, 2.05) is 12.1 Å². The Kier molecular flexibility index (Phi) is 5.02. The first-order chi connectivity index (χ1) is 9.49. The summed E-state index contributed by atoms with van der Waals surface area (Å²) >= 11 is 9.34. The zero-order valence-corrected chi connectivity index (χ0v) is 13.7. The molecule has 5 heteroatoms. The van der Waals surface area contributed by atoms with Crippen molar-refractivity contribution in [2.45, 2.75) is 26.3 Å². The number of hydrogen-bond acceptors (Lipinski definition) is 3. The Labute approximate surface area is 132 Å². The van der Waals surface area contributed by atoms with Crippen LogP contribution in [0.5, 0.6) is 11.6 Å². The molecule has 0 aliphatic rings. The van der Waals surface area contributed by atoms with E-state index < -0.39 is 0 Å². The second-order valence-electron chi connectivity index (χ2n) is 4.77. The number of pyridine rings is 1. The van der Waals surface area contributed by atoms with Gasteiger partial charge in [-0.15, -0.1) is 0 Å². The van der Waals surface area contributed by atoms with Gasteiger partial charge in [-0.1, -0.05) is 25.4 Å². The van der Waals surface area contributed by atoms with Crippen molar-refractivity contribution in [1.82, 2.24) is 4.98 Å². The average Bonchev–Trinajstić information content (AvgIpc) is 2.41. The fraction of sp³-hybridized carbons (Fsp3) is 0.267. The molecule has 1 aromatic heterocycles. The van der Waals surface area contributed by atoms with E-state index in [2.05, 4.69) is 34.8 Å². The Morgan fingerprint density at radius 1 is 1.30 bits per heavy atom. The van der Waals surface area contributed by atoms with Gasteiger partial charge in [-0.25, -0.2) is 4.98 Å². The highest BCUT2D eigenvalue weighted by atomic mass is 79.9. The number of benzene rings is 1. The molecule has 0 bridgehead atoms. The van der Waals surface area contributed by atoms with Gasteiger partial charge in [-0.3, -0.25) is 0 Å². The predicted molar refractivity (Wildman–Crippen MR) is 85.4 cm³/mol. The van der Waals surface area contributed by atoms with Crippen molar-refractivity contribution in [3.05, 3.63) is 51.1 Å². The zero-order chi connectivity index (χ0) is 14.7.